The van der Waals surface area contributed by atoms with Crippen molar-refractivity contribution >= 4 is 17.0 Å². The summed E-state index contributed by atoms with van der Waals surface area (Å²) >= 11 is 1.91. The normalized spacial score (nSPS) is 20.2. The summed E-state index contributed by atoms with van der Waals surface area (Å²) in [6, 6.07) is 0. The van der Waals surface area contributed by atoms with Crippen LogP contribution in [0.15, 0.2) is 0 Å². The molecule has 1 aromatic rings. The smallest absolute Gasteiger partial charge is 0.0516 e. The molecule has 68 valence electrons. The fourth-order valence-electron chi connectivity index (χ4n) is 2.50. The highest BCUT2D eigenvalue weighted by molar-refractivity contribution is 7.14. The second-order valence-corrected chi connectivity index (χ2v) is 5.10. The van der Waals surface area contributed by atoms with Crippen LogP contribution < -0.4 is 0 Å². The number of fused-ring (bicyclic) bond motifs is 3. The van der Waals surface area contributed by atoms with Gasteiger partial charge in [-0.2, -0.15) is 0 Å². The van der Waals surface area contributed by atoms with E-state index in [1.807, 2.05) is 11.3 Å². The maximum absolute atomic E-state index is 7.82. The van der Waals surface area contributed by atoms with Gasteiger partial charge in [0.05, 0.1) is 4.88 Å². The quantitative estimate of drug-likeness (QED) is 0.652. The molecule has 0 saturated carbocycles. The van der Waals surface area contributed by atoms with E-state index in [9.17, 15) is 0 Å². The number of aryl methyl sites for hydroxylation is 1. The molecule has 1 N–H and O–H groups in total. The van der Waals surface area contributed by atoms with Gasteiger partial charge in [-0.05, 0) is 49.7 Å². The highest BCUT2D eigenvalue weighted by Crippen LogP contribution is 2.38. The lowest BCUT2D eigenvalue weighted by Gasteiger charge is -2.11. The van der Waals surface area contributed by atoms with Gasteiger partial charge in [-0.25, -0.2) is 0 Å². The van der Waals surface area contributed by atoms with Crippen LogP contribution in [0.5, 0.6) is 0 Å². The Hall–Kier alpha value is -0.630. The molecule has 0 spiro atoms. The number of hydrogen-bond acceptors (Lipinski definition) is 2. The largest absolute Gasteiger partial charge is 0.304 e. The summed E-state index contributed by atoms with van der Waals surface area (Å²) in [7, 11) is 0. The summed E-state index contributed by atoms with van der Waals surface area (Å²) in [4.78, 5) is 2.92. The first-order chi connectivity index (χ1) is 6.36. The van der Waals surface area contributed by atoms with Crippen LogP contribution in [0.4, 0.5) is 0 Å². The molecule has 2 aliphatic carbocycles. The Balaban J connectivity index is 2.18. The fraction of sp³-hybridized carbons (Fsp3) is 0.545. The molecule has 1 aromatic heterocycles. The van der Waals surface area contributed by atoms with Crippen LogP contribution in [0.1, 0.15) is 40.1 Å². The molecule has 0 amide bonds. The molecule has 2 aliphatic rings. The third-order valence-corrected chi connectivity index (χ3v) is 4.57. The molecular weight excluding hydrogens is 178 g/mol. The Morgan fingerprint density at radius 2 is 1.77 bits per heavy atom. The number of rotatable bonds is 0. The van der Waals surface area contributed by atoms with E-state index in [4.69, 9.17) is 5.41 Å². The van der Waals surface area contributed by atoms with Crippen molar-refractivity contribution in [2.75, 3.05) is 0 Å². The third kappa shape index (κ3) is 1.01. The summed E-state index contributed by atoms with van der Waals surface area (Å²) < 4.78 is 0. The van der Waals surface area contributed by atoms with Crippen molar-refractivity contribution in [3.63, 3.8) is 0 Å². The maximum atomic E-state index is 7.82. The first-order valence-corrected chi connectivity index (χ1v) is 5.89. The SMILES string of the molecule is N=C1CCc2c1sc1c2CCCC1. The Bertz CT molecular complexity index is 376. The lowest BCUT2D eigenvalue weighted by atomic mass is 9.95. The Kier molecular flexibility index (Phi) is 1.59. The molecule has 0 bridgehead atoms. The molecule has 3 rings (SSSR count). The zero-order chi connectivity index (χ0) is 8.84. The highest BCUT2D eigenvalue weighted by Gasteiger charge is 2.26. The second-order valence-electron chi connectivity index (χ2n) is 4.00. The van der Waals surface area contributed by atoms with E-state index in [1.165, 1.54) is 30.6 Å². The van der Waals surface area contributed by atoms with Crippen molar-refractivity contribution in [3.05, 3.63) is 20.9 Å². The summed E-state index contributed by atoms with van der Waals surface area (Å²) in [6.07, 6.45) is 7.44. The van der Waals surface area contributed by atoms with Gasteiger partial charge in [0.2, 0.25) is 0 Å². The number of thiophene rings is 1. The molecule has 0 aromatic carbocycles. The zero-order valence-corrected chi connectivity index (χ0v) is 8.47. The topological polar surface area (TPSA) is 23.9 Å². The van der Waals surface area contributed by atoms with E-state index >= 15 is 0 Å². The van der Waals surface area contributed by atoms with Gasteiger partial charge >= 0.3 is 0 Å². The van der Waals surface area contributed by atoms with E-state index < -0.39 is 0 Å². The van der Waals surface area contributed by atoms with Crippen molar-refractivity contribution in [1.29, 1.82) is 5.41 Å². The Morgan fingerprint density at radius 1 is 0.923 bits per heavy atom. The Labute approximate surface area is 82.3 Å². The van der Waals surface area contributed by atoms with Gasteiger partial charge in [-0.3, -0.25) is 0 Å². The summed E-state index contributed by atoms with van der Waals surface area (Å²) in [5.41, 5.74) is 4.08. The minimum Gasteiger partial charge on any atom is -0.304 e. The number of nitrogens with one attached hydrogen (secondary N) is 1. The van der Waals surface area contributed by atoms with Crippen molar-refractivity contribution < 1.29 is 0 Å². The van der Waals surface area contributed by atoms with E-state index in [0.717, 1.165) is 18.6 Å². The van der Waals surface area contributed by atoms with Crippen LogP contribution in [0.25, 0.3) is 0 Å². The van der Waals surface area contributed by atoms with Gasteiger partial charge in [0.1, 0.15) is 0 Å². The zero-order valence-electron chi connectivity index (χ0n) is 7.65. The Morgan fingerprint density at radius 3 is 2.69 bits per heavy atom. The predicted molar refractivity (Wildman–Crippen MR) is 56.1 cm³/mol. The van der Waals surface area contributed by atoms with Crippen molar-refractivity contribution in [2.45, 2.75) is 38.5 Å². The summed E-state index contributed by atoms with van der Waals surface area (Å²) in [5.74, 6) is 0. The summed E-state index contributed by atoms with van der Waals surface area (Å²) in [6.45, 7) is 0. The molecule has 1 heterocycles. The molecule has 1 nitrogen and oxygen atoms in total. The minimum atomic E-state index is 0.898. The van der Waals surface area contributed by atoms with Crippen molar-refractivity contribution in [2.24, 2.45) is 0 Å². The first-order valence-electron chi connectivity index (χ1n) is 5.07. The average Bonchev–Trinajstić information content (AvgIpc) is 2.67. The first kappa shape index (κ1) is 7.74. The van der Waals surface area contributed by atoms with Crippen molar-refractivity contribution in [3.8, 4) is 0 Å². The lowest BCUT2D eigenvalue weighted by Crippen LogP contribution is -2.00. The second kappa shape index (κ2) is 2.68. The van der Waals surface area contributed by atoms with Gasteiger partial charge in [-0.15, -0.1) is 11.3 Å². The molecular formula is C11H13NS. The van der Waals surface area contributed by atoms with Crippen LogP contribution >= 0.6 is 11.3 Å². The van der Waals surface area contributed by atoms with E-state index in [-0.39, 0.29) is 0 Å². The van der Waals surface area contributed by atoms with Crippen LogP contribution in [0.3, 0.4) is 0 Å². The number of hydrogen-bond donors (Lipinski definition) is 1. The summed E-state index contributed by atoms with van der Waals surface area (Å²) in [5, 5.41) is 7.82. The van der Waals surface area contributed by atoms with Gasteiger partial charge in [0.15, 0.2) is 0 Å². The molecule has 0 aliphatic heterocycles. The van der Waals surface area contributed by atoms with E-state index in [0.29, 0.717) is 0 Å². The van der Waals surface area contributed by atoms with Gasteiger partial charge in [-0.1, -0.05) is 0 Å². The molecule has 0 unspecified atom stereocenters. The van der Waals surface area contributed by atoms with Crippen LogP contribution in [0.2, 0.25) is 0 Å². The van der Waals surface area contributed by atoms with Crippen LogP contribution in [-0.2, 0) is 19.3 Å². The monoisotopic (exact) mass is 191 g/mol. The standard InChI is InChI=1S/C11H13NS/c12-9-6-5-8-7-3-1-2-4-10(7)13-11(8)9/h12H,1-6H2. The molecule has 2 heteroatoms. The highest BCUT2D eigenvalue weighted by atomic mass is 32.1. The van der Waals surface area contributed by atoms with Gasteiger partial charge in [0.25, 0.3) is 0 Å². The fourth-order valence-corrected chi connectivity index (χ4v) is 3.92. The molecule has 13 heavy (non-hydrogen) atoms. The lowest BCUT2D eigenvalue weighted by molar-refractivity contribution is 0.691. The van der Waals surface area contributed by atoms with E-state index in [1.54, 1.807) is 16.0 Å². The minimum absolute atomic E-state index is 0.898. The van der Waals surface area contributed by atoms with Crippen LogP contribution in [-0.4, -0.2) is 5.71 Å². The average molecular weight is 191 g/mol. The van der Waals surface area contributed by atoms with E-state index in [2.05, 4.69) is 0 Å². The molecule has 0 saturated heterocycles. The van der Waals surface area contributed by atoms with Gasteiger partial charge < -0.3 is 5.41 Å². The van der Waals surface area contributed by atoms with Gasteiger partial charge in [0, 0.05) is 10.6 Å². The predicted octanol–water partition coefficient (Wildman–Crippen LogP) is 2.94. The molecule has 0 atom stereocenters. The molecule has 0 fully saturated rings. The molecule has 0 radical (unpaired) electrons. The van der Waals surface area contributed by atoms with Crippen LogP contribution in [0, 0.1) is 5.41 Å². The third-order valence-electron chi connectivity index (χ3n) is 3.18. The maximum Gasteiger partial charge on any atom is 0.0516 e. The van der Waals surface area contributed by atoms with Crippen molar-refractivity contribution in [1.82, 2.24) is 0 Å².